The summed E-state index contributed by atoms with van der Waals surface area (Å²) in [7, 11) is 0. The van der Waals surface area contributed by atoms with E-state index in [0.717, 1.165) is 18.6 Å². The summed E-state index contributed by atoms with van der Waals surface area (Å²) in [6.07, 6.45) is 5.21. The van der Waals surface area contributed by atoms with Gasteiger partial charge in [0.25, 0.3) is 0 Å². The lowest BCUT2D eigenvalue weighted by Crippen LogP contribution is -2.44. The molecule has 8 nitrogen and oxygen atoms in total. The molecule has 0 radical (unpaired) electrons. The molecule has 0 aliphatic carbocycles. The molecule has 184 valence electrons. The minimum atomic E-state index is -1.73. The maximum atomic E-state index is 14.8. The first-order valence-electron chi connectivity index (χ1n) is 11.2. The highest BCUT2D eigenvalue weighted by Gasteiger charge is 2.35. The van der Waals surface area contributed by atoms with Gasteiger partial charge in [-0.2, -0.15) is 5.10 Å². The lowest BCUT2D eigenvalue weighted by Gasteiger charge is -2.34. The Labute approximate surface area is 200 Å². The maximum Gasteiger partial charge on any atom is 0.137 e. The molecule has 0 bridgehead atoms. The molecule has 4 aromatic rings. The van der Waals surface area contributed by atoms with Gasteiger partial charge in [0.05, 0.1) is 25.0 Å². The zero-order valence-corrected chi connectivity index (χ0v) is 19.2. The first-order valence-corrected chi connectivity index (χ1v) is 11.2. The Morgan fingerprint density at radius 3 is 2.60 bits per heavy atom. The van der Waals surface area contributed by atoms with E-state index >= 15 is 0 Å². The molecule has 2 heterocycles. The Balaban J connectivity index is 1.56. The van der Waals surface area contributed by atoms with E-state index in [0.29, 0.717) is 24.3 Å². The van der Waals surface area contributed by atoms with Gasteiger partial charge in [-0.05, 0) is 25.1 Å². The van der Waals surface area contributed by atoms with Crippen LogP contribution in [0.2, 0.25) is 0 Å². The van der Waals surface area contributed by atoms with Crippen molar-refractivity contribution in [2.24, 2.45) is 0 Å². The maximum absolute atomic E-state index is 14.8. The second-order valence-corrected chi connectivity index (χ2v) is 8.46. The SMILES string of the molecule is CCCN(Cc1cn(Cc2ccccc2F)nn1)CC(O)(Cn1cncn1)c1ccc(F)cc1F. The lowest BCUT2D eigenvalue weighted by molar-refractivity contribution is -0.0239. The van der Waals surface area contributed by atoms with Crippen molar-refractivity contribution in [3.8, 4) is 0 Å². The van der Waals surface area contributed by atoms with E-state index in [1.807, 2.05) is 11.8 Å². The van der Waals surface area contributed by atoms with Gasteiger partial charge in [0, 0.05) is 30.3 Å². The molecule has 11 heteroatoms. The molecule has 0 saturated heterocycles. The van der Waals surface area contributed by atoms with Gasteiger partial charge >= 0.3 is 0 Å². The van der Waals surface area contributed by atoms with Crippen LogP contribution in [-0.4, -0.2) is 52.9 Å². The van der Waals surface area contributed by atoms with Crippen molar-refractivity contribution < 1.29 is 18.3 Å². The van der Waals surface area contributed by atoms with E-state index < -0.39 is 17.2 Å². The molecule has 1 unspecified atom stereocenters. The van der Waals surface area contributed by atoms with Gasteiger partial charge in [0.2, 0.25) is 0 Å². The Bertz CT molecular complexity index is 1250. The number of aromatic nitrogens is 6. The number of hydrogen-bond acceptors (Lipinski definition) is 6. The van der Waals surface area contributed by atoms with Crippen LogP contribution in [0, 0.1) is 17.5 Å². The van der Waals surface area contributed by atoms with Gasteiger partial charge in [-0.3, -0.25) is 4.90 Å². The van der Waals surface area contributed by atoms with Gasteiger partial charge in [-0.25, -0.2) is 27.5 Å². The second-order valence-electron chi connectivity index (χ2n) is 8.46. The summed E-state index contributed by atoms with van der Waals surface area (Å²) in [5, 5.41) is 24.0. The van der Waals surface area contributed by atoms with Crippen molar-refractivity contribution in [1.82, 2.24) is 34.7 Å². The molecule has 1 N–H and O–H groups in total. The molecule has 2 aromatic carbocycles. The Hall–Kier alpha value is -3.57. The molecule has 35 heavy (non-hydrogen) atoms. The summed E-state index contributed by atoms with van der Waals surface area (Å²) >= 11 is 0. The molecule has 0 fully saturated rings. The molecule has 0 amide bonds. The second kappa shape index (κ2) is 10.8. The van der Waals surface area contributed by atoms with Crippen LogP contribution in [0.4, 0.5) is 13.2 Å². The van der Waals surface area contributed by atoms with Crippen LogP contribution in [0.3, 0.4) is 0 Å². The van der Waals surface area contributed by atoms with Crippen molar-refractivity contribution in [1.29, 1.82) is 0 Å². The van der Waals surface area contributed by atoms with Crippen LogP contribution in [0.1, 0.15) is 30.2 Å². The molecule has 0 saturated carbocycles. The van der Waals surface area contributed by atoms with Crippen LogP contribution < -0.4 is 0 Å². The fourth-order valence-electron chi connectivity index (χ4n) is 4.09. The Morgan fingerprint density at radius 2 is 1.89 bits per heavy atom. The van der Waals surface area contributed by atoms with Crippen molar-refractivity contribution in [2.45, 2.75) is 38.6 Å². The summed E-state index contributed by atoms with van der Waals surface area (Å²) in [5.74, 6) is -1.90. The van der Waals surface area contributed by atoms with Gasteiger partial charge in [0.15, 0.2) is 0 Å². The van der Waals surface area contributed by atoms with Crippen LogP contribution in [0.15, 0.2) is 61.3 Å². The highest BCUT2D eigenvalue weighted by molar-refractivity contribution is 5.26. The molecule has 1 atom stereocenters. The minimum Gasteiger partial charge on any atom is -0.382 e. The number of nitrogens with zero attached hydrogens (tertiary/aromatic N) is 7. The van der Waals surface area contributed by atoms with Gasteiger partial charge in [-0.1, -0.05) is 36.4 Å². The number of hydrogen-bond donors (Lipinski definition) is 1. The molecule has 0 aliphatic rings. The molecule has 0 spiro atoms. The Kier molecular flexibility index (Phi) is 7.57. The Morgan fingerprint density at radius 1 is 1.06 bits per heavy atom. The zero-order valence-electron chi connectivity index (χ0n) is 19.2. The summed E-state index contributed by atoms with van der Waals surface area (Å²) in [4.78, 5) is 5.80. The summed E-state index contributed by atoms with van der Waals surface area (Å²) in [5.41, 5.74) is -0.677. The number of halogens is 3. The third-order valence-electron chi connectivity index (χ3n) is 5.61. The van der Waals surface area contributed by atoms with Gasteiger partial charge in [0.1, 0.15) is 35.7 Å². The average Bonchev–Trinajstić information content (AvgIpc) is 3.47. The smallest absolute Gasteiger partial charge is 0.137 e. The number of aliphatic hydroxyl groups is 1. The van der Waals surface area contributed by atoms with E-state index in [2.05, 4.69) is 20.4 Å². The molecular weight excluding hydrogens is 459 g/mol. The third kappa shape index (κ3) is 6.11. The highest BCUT2D eigenvalue weighted by atomic mass is 19.1. The van der Waals surface area contributed by atoms with Crippen molar-refractivity contribution in [3.05, 3.63) is 95.6 Å². The van der Waals surface area contributed by atoms with E-state index in [1.165, 1.54) is 29.5 Å². The van der Waals surface area contributed by atoms with Crippen LogP contribution in [0.25, 0.3) is 0 Å². The fourth-order valence-corrected chi connectivity index (χ4v) is 4.09. The monoisotopic (exact) mass is 485 g/mol. The predicted molar refractivity (Wildman–Crippen MR) is 121 cm³/mol. The zero-order chi connectivity index (χ0) is 24.8. The topological polar surface area (TPSA) is 84.9 Å². The van der Waals surface area contributed by atoms with E-state index in [4.69, 9.17) is 0 Å². The normalized spacial score (nSPS) is 13.3. The van der Waals surface area contributed by atoms with Crippen LogP contribution in [-0.2, 0) is 25.2 Å². The summed E-state index contributed by atoms with van der Waals surface area (Å²) in [6.45, 7) is 3.02. The van der Waals surface area contributed by atoms with E-state index in [1.54, 1.807) is 29.1 Å². The molecule has 2 aromatic heterocycles. The molecule has 0 aliphatic heterocycles. The van der Waals surface area contributed by atoms with Crippen molar-refractivity contribution in [3.63, 3.8) is 0 Å². The highest BCUT2D eigenvalue weighted by Crippen LogP contribution is 2.28. The standard InChI is InChI=1S/C24H26F3N7O/c1-2-9-32(12-20-13-33(31-30-20)11-18-5-3-4-6-22(18)26)14-24(35,15-34-17-28-16-29-34)21-8-7-19(25)10-23(21)27/h3-8,10,13,16-17,35H,2,9,11-12,14-15H2,1H3. The summed E-state index contributed by atoms with van der Waals surface area (Å²) in [6, 6.07) is 9.56. The van der Waals surface area contributed by atoms with Crippen LogP contribution >= 0.6 is 0 Å². The van der Waals surface area contributed by atoms with Crippen LogP contribution in [0.5, 0.6) is 0 Å². The number of benzene rings is 2. The fraction of sp³-hybridized carbons (Fsp3) is 0.333. The van der Waals surface area contributed by atoms with Gasteiger partial charge < -0.3 is 5.11 Å². The third-order valence-corrected chi connectivity index (χ3v) is 5.61. The number of rotatable bonds is 11. The van der Waals surface area contributed by atoms with Gasteiger partial charge in [-0.15, -0.1) is 5.10 Å². The lowest BCUT2D eigenvalue weighted by atomic mass is 9.92. The molecule has 4 rings (SSSR count). The van der Waals surface area contributed by atoms with E-state index in [-0.39, 0.29) is 31.0 Å². The average molecular weight is 486 g/mol. The first-order chi connectivity index (χ1) is 16.9. The first kappa shape index (κ1) is 24.6. The predicted octanol–water partition coefficient (Wildman–Crippen LogP) is 3.14. The largest absolute Gasteiger partial charge is 0.382 e. The summed E-state index contributed by atoms with van der Waals surface area (Å²) < 4.78 is 45.3. The van der Waals surface area contributed by atoms with E-state index in [9.17, 15) is 18.3 Å². The quantitative estimate of drug-likeness (QED) is 0.351. The van der Waals surface area contributed by atoms with Crippen molar-refractivity contribution >= 4 is 0 Å². The molecular formula is C24H26F3N7O. The minimum absolute atomic E-state index is 0.0173. The van der Waals surface area contributed by atoms with Crippen molar-refractivity contribution in [2.75, 3.05) is 13.1 Å².